The Kier molecular flexibility index (Phi) is 7.53. The first-order chi connectivity index (χ1) is 16.7. The van der Waals surface area contributed by atoms with Crippen molar-refractivity contribution in [2.45, 2.75) is 50.4 Å². The zero-order valence-corrected chi connectivity index (χ0v) is 20.6. The molecular formula is C18H24N6O10S2. The van der Waals surface area contributed by atoms with Crippen LogP contribution in [0.5, 0.6) is 0 Å². The lowest BCUT2D eigenvalue weighted by atomic mass is 9.87. The van der Waals surface area contributed by atoms with Crippen molar-refractivity contribution in [1.82, 2.24) is 19.9 Å². The van der Waals surface area contributed by atoms with Crippen molar-refractivity contribution >= 4 is 56.2 Å². The number of aliphatic carboxylic acids is 1. The smallest absolute Gasteiger partial charge is 0.362 e. The van der Waals surface area contributed by atoms with Gasteiger partial charge in [0.1, 0.15) is 11.7 Å². The van der Waals surface area contributed by atoms with Gasteiger partial charge >= 0.3 is 16.3 Å². The normalized spacial score (nSPS) is 24.8. The van der Waals surface area contributed by atoms with Crippen molar-refractivity contribution in [3.05, 3.63) is 11.1 Å². The molecule has 0 spiro atoms. The van der Waals surface area contributed by atoms with E-state index < -0.39 is 69.4 Å². The second kappa shape index (κ2) is 9.96. The van der Waals surface area contributed by atoms with Crippen molar-refractivity contribution < 1.29 is 47.2 Å². The van der Waals surface area contributed by atoms with Crippen molar-refractivity contribution in [3.8, 4) is 0 Å². The summed E-state index contributed by atoms with van der Waals surface area (Å²) >= 11 is 0.939. The SMILES string of the molecule is CC(C)(O/N=C(\C(=O)N[C@@H]1C(=O)N(S(=O)(=O)O)[C@@H]1C[C@@H]1CC(CO)NC1=O)c1csc(N)n1)C(=O)O. The number of rotatable bonds is 10. The van der Waals surface area contributed by atoms with E-state index in [9.17, 15) is 42.4 Å². The number of oxime groups is 1. The van der Waals surface area contributed by atoms with Crippen LogP contribution in [-0.4, -0.2) is 92.2 Å². The Hall–Kier alpha value is -3.35. The zero-order valence-electron chi connectivity index (χ0n) is 18.9. The highest BCUT2D eigenvalue weighted by molar-refractivity contribution is 7.84. The Morgan fingerprint density at radius 1 is 1.42 bits per heavy atom. The molecule has 3 rings (SSSR count). The van der Waals surface area contributed by atoms with Crippen LogP contribution in [0.15, 0.2) is 10.5 Å². The molecule has 198 valence electrons. The number of nitrogen functional groups attached to an aromatic ring is 1. The Labute approximate surface area is 208 Å². The maximum atomic E-state index is 13.0. The first kappa shape index (κ1) is 27.2. The van der Waals surface area contributed by atoms with Crippen LogP contribution in [0.4, 0.5) is 5.13 Å². The predicted molar refractivity (Wildman–Crippen MR) is 122 cm³/mol. The third-order valence-corrected chi connectivity index (χ3v) is 7.22. The van der Waals surface area contributed by atoms with Gasteiger partial charge in [0.25, 0.3) is 11.8 Å². The highest BCUT2D eigenvalue weighted by Crippen LogP contribution is 2.32. The minimum absolute atomic E-state index is 0.0452. The van der Waals surface area contributed by atoms with Gasteiger partial charge in [0.05, 0.1) is 18.7 Å². The van der Waals surface area contributed by atoms with Gasteiger partial charge < -0.3 is 31.4 Å². The number of nitrogens with two attached hydrogens (primary N) is 1. The number of β-lactam (4-membered cyclic amide) rings is 1. The van der Waals surface area contributed by atoms with Crippen LogP contribution in [-0.2, 0) is 34.3 Å². The van der Waals surface area contributed by atoms with Gasteiger partial charge in [-0.1, -0.05) is 5.16 Å². The molecule has 0 aliphatic carbocycles. The number of carboxylic acid groups (broad SMARTS) is 1. The first-order valence-electron chi connectivity index (χ1n) is 10.4. The summed E-state index contributed by atoms with van der Waals surface area (Å²) in [5.41, 5.74) is 3.10. The van der Waals surface area contributed by atoms with Gasteiger partial charge in [-0.3, -0.25) is 18.9 Å². The van der Waals surface area contributed by atoms with E-state index >= 15 is 0 Å². The van der Waals surface area contributed by atoms with E-state index in [-0.39, 0.29) is 34.6 Å². The van der Waals surface area contributed by atoms with E-state index in [1.807, 2.05) is 0 Å². The van der Waals surface area contributed by atoms with Crippen LogP contribution < -0.4 is 16.4 Å². The molecule has 3 amide bonds. The van der Waals surface area contributed by atoms with E-state index in [0.29, 0.717) is 0 Å². The summed E-state index contributed by atoms with van der Waals surface area (Å²) < 4.78 is 33.2. The molecule has 7 N–H and O–H groups in total. The van der Waals surface area contributed by atoms with E-state index in [4.69, 9.17) is 10.6 Å². The van der Waals surface area contributed by atoms with Crippen molar-refractivity contribution in [2.24, 2.45) is 11.1 Å². The van der Waals surface area contributed by atoms with Crippen LogP contribution in [0.1, 0.15) is 32.4 Å². The molecule has 36 heavy (non-hydrogen) atoms. The number of carbonyl (C=O) groups excluding carboxylic acids is 3. The largest absolute Gasteiger partial charge is 0.478 e. The number of amides is 3. The Morgan fingerprint density at radius 2 is 2.08 bits per heavy atom. The summed E-state index contributed by atoms with van der Waals surface area (Å²) in [5, 5.41) is 28.3. The van der Waals surface area contributed by atoms with Crippen LogP contribution in [0.25, 0.3) is 0 Å². The number of aromatic nitrogens is 1. The molecule has 4 atom stereocenters. The second-order valence-electron chi connectivity index (χ2n) is 8.60. The molecule has 2 fully saturated rings. The number of nitrogens with one attached hydrogen (secondary N) is 2. The van der Waals surface area contributed by atoms with E-state index in [0.717, 1.165) is 11.3 Å². The molecule has 1 aromatic rings. The van der Waals surface area contributed by atoms with Gasteiger partial charge in [-0.2, -0.15) is 8.42 Å². The number of nitrogens with zero attached hydrogens (tertiary/aromatic N) is 3. The Morgan fingerprint density at radius 3 is 2.58 bits per heavy atom. The van der Waals surface area contributed by atoms with E-state index in [2.05, 4.69) is 20.8 Å². The van der Waals surface area contributed by atoms with Gasteiger partial charge in [-0.15, -0.1) is 11.3 Å². The first-order valence-corrected chi connectivity index (χ1v) is 12.7. The van der Waals surface area contributed by atoms with Gasteiger partial charge in [-0.05, 0) is 26.7 Å². The standard InChI is InChI=1S/C18H24N6O10S2/c1-18(2,16(29)30)34-23-11(9-6-35-17(19)21-9)14(27)22-12-10(24(15(12)28)36(31,32)33)4-7-3-8(5-25)20-13(7)26/h6-8,10,12,25H,3-5H2,1-2H3,(H2,19,21)(H,20,26)(H,22,27)(H,29,30)(H,31,32,33)/b23-11-/t7-,8?,10+,12-/m0/s1. The van der Waals surface area contributed by atoms with Gasteiger partial charge in [0.15, 0.2) is 10.8 Å². The minimum atomic E-state index is -5.02. The lowest BCUT2D eigenvalue weighted by Gasteiger charge is -2.45. The lowest BCUT2D eigenvalue weighted by molar-refractivity contribution is -0.161. The van der Waals surface area contributed by atoms with Gasteiger partial charge in [0, 0.05) is 11.3 Å². The number of aliphatic hydroxyl groups is 1. The van der Waals surface area contributed by atoms with Crippen LogP contribution in [0.3, 0.4) is 0 Å². The topological polar surface area (TPSA) is 251 Å². The Bertz CT molecular complexity index is 1210. The number of thiazole rings is 1. The maximum absolute atomic E-state index is 13.0. The minimum Gasteiger partial charge on any atom is -0.478 e. The molecule has 0 aromatic carbocycles. The quantitative estimate of drug-likeness (QED) is 0.0781. The monoisotopic (exact) mass is 548 g/mol. The average Bonchev–Trinajstić information content (AvgIpc) is 3.35. The summed E-state index contributed by atoms with van der Waals surface area (Å²) in [7, 11) is -5.02. The average molecular weight is 549 g/mol. The van der Waals surface area contributed by atoms with Crippen molar-refractivity contribution in [1.29, 1.82) is 0 Å². The summed E-state index contributed by atoms with van der Waals surface area (Å²) in [6, 6.07) is -3.38. The third-order valence-electron chi connectivity index (χ3n) is 5.60. The fraction of sp³-hybridized carbons (Fsp3) is 0.556. The molecule has 0 radical (unpaired) electrons. The highest BCUT2D eigenvalue weighted by Gasteiger charge is 2.55. The maximum Gasteiger partial charge on any atom is 0.362 e. The molecular weight excluding hydrogens is 524 g/mol. The number of aliphatic hydroxyl groups excluding tert-OH is 1. The molecule has 2 aliphatic heterocycles. The second-order valence-corrected chi connectivity index (χ2v) is 10.8. The molecule has 0 saturated carbocycles. The third kappa shape index (κ3) is 5.55. The summed E-state index contributed by atoms with van der Waals surface area (Å²) in [6.07, 6.45) is -0.111. The number of hydrogen-bond donors (Lipinski definition) is 6. The van der Waals surface area contributed by atoms with Crippen LogP contribution in [0, 0.1) is 5.92 Å². The van der Waals surface area contributed by atoms with Gasteiger partial charge in [0.2, 0.25) is 11.5 Å². The molecule has 3 heterocycles. The highest BCUT2D eigenvalue weighted by atomic mass is 32.2. The summed E-state index contributed by atoms with van der Waals surface area (Å²) in [4.78, 5) is 58.0. The fourth-order valence-corrected chi connectivity index (χ4v) is 5.08. The molecule has 0 bridgehead atoms. The molecule has 16 nitrogen and oxygen atoms in total. The molecule has 18 heteroatoms. The Balaban J connectivity index is 1.86. The number of anilines is 1. The predicted octanol–water partition coefficient (Wildman–Crippen LogP) is -2.31. The number of carbonyl (C=O) groups is 4. The van der Waals surface area contributed by atoms with E-state index in [1.54, 1.807) is 0 Å². The summed E-state index contributed by atoms with van der Waals surface area (Å²) in [5.74, 6) is -4.94. The lowest BCUT2D eigenvalue weighted by Crippen LogP contribution is -2.72. The van der Waals surface area contributed by atoms with Crippen molar-refractivity contribution in [3.63, 3.8) is 0 Å². The van der Waals surface area contributed by atoms with Crippen molar-refractivity contribution in [2.75, 3.05) is 12.3 Å². The van der Waals surface area contributed by atoms with Crippen LogP contribution >= 0.6 is 11.3 Å². The van der Waals surface area contributed by atoms with Gasteiger partial charge in [-0.25, -0.2) is 14.1 Å². The zero-order chi connectivity index (χ0) is 27.0. The molecule has 2 saturated heterocycles. The molecule has 1 unspecified atom stereocenters. The summed E-state index contributed by atoms with van der Waals surface area (Å²) in [6.45, 7) is 1.99. The molecule has 1 aromatic heterocycles. The number of carboxylic acids is 1. The number of hydrogen-bond acceptors (Lipinski definition) is 12. The fourth-order valence-electron chi connectivity index (χ4n) is 3.65. The van der Waals surface area contributed by atoms with E-state index in [1.165, 1.54) is 19.2 Å². The van der Waals surface area contributed by atoms with Crippen LogP contribution in [0.2, 0.25) is 0 Å². The molecule has 2 aliphatic rings.